The average molecular weight is 256 g/mol. The van der Waals surface area contributed by atoms with Crippen molar-refractivity contribution in [3.05, 3.63) is 21.7 Å². The van der Waals surface area contributed by atoms with Gasteiger partial charge in [0.15, 0.2) is 12.4 Å². The van der Waals surface area contributed by atoms with Gasteiger partial charge in [-0.25, -0.2) is 0 Å². The second kappa shape index (κ2) is 3.28. The van der Waals surface area contributed by atoms with E-state index in [4.69, 9.17) is 4.74 Å². The van der Waals surface area contributed by atoms with Crippen molar-refractivity contribution < 1.29 is 9.53 Å². The van der Waals surface area contributed by atoms with Crippen molar-refractivity contribution in [1.29, 1.82) is 0 Å². The number of ether oxygens (including phenoxy) is 1. The fourth-order valence-corrected chi connectivity index (χ4v) is 2.05. The topological polar surface area (TPSA) is 38.3 Å². The summed E-state index contributed by atoms with van der Waals surface area (Å²) in [5.74, 6) is 0.625. The van der Waals surface area contributed by atoms with Crippen molar-refractivity contribution >= 4 is 27.5 Å². The number of carbonyl (C=O) groups excluding carboxylic acids is 1. The Morgan fingerprint density at radius 1 is 1.50 bits per heavy atom. The molecule has 0 spiro atoms. The van der Waals surface area contributed by atoms with Gasteiger partial charge in [-0.2, -0.15) is 0 Å². The van der Waals surface area contributed by atoms with E-state index in [9.17, 15) is 4.79 Å². The minimum atomic E-state index is -0.104. The smallest absolute Gasteiger partial charge is 0.262 e. The molecule has 1 aromatic carbocycles. The van der Waals surface area contributed by atoms with Crippen LogP contribution in [0.15, 0.2) is 10.5 Å². The monoisotopic (exact) mass is 255 g/mol. The molecule has 0 saturated heterocycles. The van der Waals surface area contributed by atoms with E-state index in [-0.39, 0.29) is 12.5 Å². The number of halogens is 1. The lowest BCUT2D eigenvalue weighted by molar-refractivity contribution is -0.118. The highest BCUT2D eigenvalue weighted by Gasteiger charge is 2.20. The molecule has 1 amide bonds. The molecule has 14 heavy (non-hydrogen) atoms. The molecule has 0 fully saturated rings. The molecule has 0 radical (unpaired) electrons. The first kappa shape index (κ1) is 9.52. The van der Waals surface area contributed by atoms with Gasteiger partial charge in [0.1, 0.15) is 0 Å². The van der Waals surface area contributed by atoms with Crippen molar-refractivity contribution in [2.75, 3.05) is 11.9 Å². The molecule has 0 bridgehead atoms. The normalized spacial score (nSPS) is 14.4. The van der Waals surface area contributed by atoms with Gasteiger partial charge in [-0.15, -0.1) is 0 Å². The quantitative estimate of drug-likeness (QED) is 0.774. The molecular formula is C10H10BrNO2. The maximum Gasteiger partial charge on any atom is 0.262 e. The molecule has 4 heteroatoms. The van der Waals surface area contributed by atoms with E-state index in [0.29, 0.717) is 0 Å². The maximum atomic E-state index is 11.1. The summed E-state index contributed by atoms with van der Waals surface area (Å²) in [6.45, 7) is 4.11. The van der Waals surface area contributed by atoms with E-state index in [1.54, 1.807) is 0 Å². The van der Waals surface area contributed by atoms with Crippen LogP contribution in [0.1, 0.15) is 11.1 Å². The highest BCUT2D eigenvalue weighted by Crippen LogP contribution is 2.39. The lowest BCUT2D eigenvalue weighted by Crippen LogP contribution is -2.25. The van der Waals surface area contributed by atoms with Gasteiger partial charge in [0.25, 0.3) is 5.91 Å². The lowest BCUT2D eigenvalue weighted by Gasteiger charge is -2.21. The predicted molar refractivity (Wildman–Crippen MR) is 57.7 cm³/mol. The number of hydrogen-bond donors (Lipinski definition) is 1. The van der Waals surface area contributed by atoms with Crippen molar-refractivity contribution in [3.63, 3.8) is 0 Å². The molecule has 0 saturated carbocycles. The molecule has 2 rings (SSSR count). The number of fused-ring (bicyclic) bond motifs is 1. The summed E-state index contributed by atoms with van der Waals surface area (Å²) in [5, 5.41) is 2.77. The van der Waals surface area contributed by atoms with E-state index in [1.165, 1.54) is 0 Å². The van der Waals surface area contributed by atoms with Crippen LogP contribution in [0.2, 0.25) is 0 Å². The van der Waals surface area contributed by atoms with Crippen LogP contribution in [0.3, 0.4) is 0 Å². The Balaban J connectivity index is 2.59. The maximum absolute atomic E-state index is 11.1. The first-order valence-corrected chi connectivity index (χ1v) is 5.11. The van der Waals surface area contributed by atoms with Crippen molar-refractivity contribution in [2.24, 2.45) is 0 Å². The third kappa shape index (κ3) is 1.39. The largest absolute Gasteiger partial charge is 0.480 e. The summed E-state index contributed by atoms with van der Waals surface area (Å²) < 4.78 is 6.27. The van der Waals surface area contributed by atoms with Crippen LogP contribution >= 0.6 is 15.9 Å². The van der Waals surface area contributed by atoms with Gasteiger partial charge in [0.05, 0.1) is 10.2 Å². The van der Waals surface area contributed by atoms with Crippen LogP contribution in [0.4, 0.5) is 5.69 Å². The van der Waals surface area contributed by atoms with Crippen LogP contribution in [-0.4, -0.2) is 12.5 Å². The molecule has 74 valence electrons. The van der Waals surface area contributed by atoms with Gasteiger partial charge in [0, 0.05) is 0 Å². The van der Waals surface area contributed by atoms with Crippen molar-refractivity contribution in [2.45, 2.75) is 13.8 Å². The molecule has 0 aromatic heterocycles. The zero-order chi connectivity index (χ0) is 10.3. The van der Waals surface area contributed by atoms with Crippen LogP contribution in [0.25, 0.3) is 0 Å². The van der Waals surface area contributed by atoms with E-state index in [2.05, 4.69) is 21.2 Å². The standard InChI is InChI=1S/C10H10BrNO2/c1-5-3-7-10(9(11)6(5)2)14-4-8(13)12-7/h3H,4H2,1-2H3,(H,12,13). The minimum Gasteiger partial charge on any atom is -0.480 e. The zero-order valence-corrected chi connectivity index (χ0v) is 9.56. The number of carbonyl (C=O) groups is 1. The number of anilines is 1. The summed E-state index contributed by atoms with van der Waals surface area (Å²) in [6.07, 6.45) is 0. The number of amides is 1. The second-order valence-corrected chi connectivity index (χ2v) is 4.14. The average Bonchev–Trinajstić information content (AvgIpc) is 2.14. The minimum absolute atomic E-state index is 0.0914. The Morgan fingerprint density at radius 2 is 2.21 bits per heavy atom. The SMILES string of the molecule is Cc1cc2c(c(Br)c1C)OCC(=O)N2. The Hall–Kier alpha value is -1.03. The molecule has 0 atom stereocenters. The molecular weight excluding hydrogens is 246 g/mol. The third-order valence-electron chi connectivity index (χ3n) is 2.35. The molecule has 3 nitrogen and oxygen atoms in total. The predicted octanol–water partition coefficient (Wildman–Crippen LogP) is 2.40. The second-order valence-electron chi connectivity index (χ2n) is 3.35. The van der Waals surface area contributed by atoms with Crippen molar-refractivity contribution in [1.82, 2.24) is 0 Å². The van der Waals surface area contributed by atoms with Crippen LogP contribution in [0.5, 0.6) is 5.75 Å². The Morgan fingerprint density at radius 3 is 2.93 bits per heavy atom. The van der Waals surface area contributed by atoms with Gasteiger partial charge in [-0.05, 0) is 47.0 Å². The Labute approximate surface area is 90.6 Å². The fourth-order valence-electron chi connectivity index (χ4n) is 1.41. The van der Waals surface area contributed by atoms with Gasteiger partial charge in [-0.1, -0.05) is 0 Å². The Bertz CT molecular complexity index is 415. The van der Waals surface area contributed by atoms with Crippen LogP contribution in [0, 0.1) is 13.8 Å². The van der Waals surface area contributed by atoms with Gasteiger partial charge in [-0.3, -0.25) is 4.79 Å². The Kier molecular flexibility index (Phi) is 2.23. The number of benzene rings is 1. The molecule has 1 aliphatic rings. The van der Waals surface area contributed by atoms with Crippen molar-refractivity contribution in [3.8, 4) is 5.75 Å². The number of hydrogen-bond acceptors (Lipinski definition) is 2. The molecule has 0 aliphatic carbocycles. The van der Waals surface area contributed by atoms with Crippen LogP contribution in [-0.2, 0) is 4.79 Å². The van der Waals surface area contributed by atoms with Gasteiger partial charge >= 0.3 is 0 Å². The number of nitrogens with one attached hydrogen (secondary N) is 1. The van der Waals surface area contributed by atoms with Gasteiger partial charge < -0.3 is 10.1 Å². The van der Waals surface area contributed by atoms with E-state index in [0.717, 1.165) is 27.0 Å². The first-order valence-electron chi connectivity index (χ1n) is 4.32. The van der Waals surface area contributed by atoms with E-state index < -0.39 is 0 Å². The summed E-state index contributed by atoms with van der Waals surface area (Å²) in [7, 11) is 0. The van der Waals surface area contributed by atoms with E-state index >= 15 is 0 Å². The summed E-state index contributed by atoms with van der Waals surface area (Å²) in [5.41, 5.74) is 3.01. The number of aryl methyl sites for hydroxylation is 1. The molecule has 1 aliphatic heterocycles. The highest BCUT2D eigenvalue weighted by molar-refractivity contribution is 9.10. The van der Waals surface area contributed by atoms with E-state index in [1.807, 2.05) is 19.9 Å². The third-order valence-corrected chi connectivity index (χ3v) is 3.30. The molecule has 1 heterocycles. The summed E-state index contributed by atoms with van der Waals surface area (Å²) >= 11 is 3.46. The summed E-state index contributed by atoms with van der Waals surface area (Å²) in [6, 6.07) is 1.92. The van der Waals surface area contributed by atoms with Gasteiger partial charge in [0.2, 0.25) is 0 Å². The first-order chi connectivity index (χ1) is 6.59. The molecule has 0 unspecified atom stereocenters. The lowest BCUT2D eigenvalue weighted by atomic mass is 10.1. The summed E-state index contributed by atoms with van der Waals surface area (Å²) in [4.78, 5) is 11.1. The number of rotatable bonds is 0. The fraction of sp³-hybridized carbons (Fsp3) is 0.300. The molecule has 1 N–H and O–H groups in total. The zero-order valence-electron chi connectivity index (χ0n) is 7.98. The van der Waals surface area contributed by atoms with Crippen LogP contribution < -0.4 is 10.1 Å². The molecule has 1 aromatic rings. The highest BCUT2D eigenvalue weighted by atomic mass is 79.9.